The number of pyridine rings is 1. The monoisotopic (exact) mass is 328 g/mol. The molecule has 0 bridgehead atoms. The summed E-state index contributed by atoms with van der Waals surface area (Å²) in [5.74, 6) is -0.307. The van der Waals surface area contributed by atoms with Crippen molar-refractivity contribution < 1.29 is 9.90 Å². The average Bonchev–Trinajstić information content (AvgIpc) is 2.86. The van der Waals surface area contributed by atoms with Crippen LogP contribution < -0.4 is 5.32 Å². The minimum absolute atomic E-state index is 0.0538. The summed E-state index contributed by atoms with van der Waals surface area (Å²) >= 11 is 1.17. The molecule has 0 aliphatic rings. The standard InChI is InChI=1S/C16H16N4O2S/c1-8-5-4-6-17-12(8)10(3)20-14-11-9(2)13(16(21)22)23-15(11)19-7-18-14/h4-7,10H,1-3H3,(H,21,22)(H,18,19,20)/t10-/m0/s1. The number of aromatic nitrogens is 3. The lowest BCUT2D eigenvalue weighted by Crippen LogP contribution is -2.11. The van der Waals surface area contributed by atoms with Crippen LogP contribution in [0, 0.1) is 13.8 Å². The third-order valence-corrected chi connectivity index (χ3v) is 4.92. The van der Waals surface area contributed by atoms with E-state index in [-0.39, 0.29) is 6.04 Å². The number of fused-ring (bicyclic) bond motifs is 1. The highest BCUT2D eigenvalue weighted by molar-refractivity contribution is 7.20. The summed E-state index contributed by atoms with van der Waals surface area (Å²) in [6.07, 6.45) is 3.21. The Morgan fingerprint density at radius 3 is 2.78 bits per heavy atom. The second kappa shape index (κ2) is 5.92. The van der Waals surface area contributed by atoms with Gasteiger partial charge in [-0.25, -0.2) is 14.8 Å². The number of nitrogens with one attached hydrogen (secondary N) is 1. The molecule has 6 nitrogen and oxygen atoms in total. The quantitative estimate of drug-likeness (QED) is 0.761. The second-order valence-electron chi connectivity index (χ2n) is 5.34. The number of carboxylic acids is 1. The van der Waals surface area contributed by atoms with Gasteiger partial charge in [-0.3, -0.25) is 4.98 Å². The molecule has 118 valence electrons. The molecule has 3 aromatic heterocycles. The van der Waals surface area contributed by atoms with E-state index >= 15 is 0 Å². The van der Waals surface area contributed by atoms with Crippen LogP contribution in [0.15, 0.2) is 24.7 Å². The second-order valence-corrected chi connectivity index (χ2v) is 6.33. The van der Waals surface area contributed by atoms with Crippen molar-refractivity contribution in [2.45, 2.75) is 26.8 Å². The Hall–Kier alpha value is -2.54. The first-order valence-corrected chi connectivity index (χ1v) is 7.96. The highest BCUT2D eigenvalue weighted by Crippen LogP contribution is 2.34. The first kappa shape index (κ1) is 15.4. The fourth-order valence-electron chi connectivity index (χ4n) is 2.61. The zero-order valence-corrected chi connectivity index (χ0v) is 13.8. The van der Waals surface area contributed by atoms with Gasteiger partial charge in [-0.05, 0) is 38.0 Å². The van der Waals surface area contributed by atoms with Gasteiger partial charge in [0.15, 0.2) is 0 Å². The van der Waals surface area contributed by atoms with Crippen molar-refractivity contribution in [3.05, 3.63) is 46.4 Å². The van der Waals surface area contributed by atoms with E-state index in [2.05, 4.69) is 20.3 Å². The Kier molecular flexibility index (Phi) is 3.96. The van der Waals surface area contributed by atoms with Crippen molar-refractivity contribution in [1.29, 1.82) is 0 Å². The molecular weight excluding hydrogens is 312 g/mol. The van der Waals surface area contributed by atoms with Gasteiger partial charge in [-0.1, -0.05) is 6.07 Å². The number of aryl methyl sites for hydroxylation is 2. The van der Waals surface area contributed by atoms with E-state index < -0.39 is 5.97 Å². The molecule has 0 aliphatic heterocycles. The first-order chi connectivity index (χ1) is 11.0. The molecule has 7 heteroatoms. The maximum atomic E-state index is 11.3. The van der Waals surface area contributed by atoms with E-state index in [9.17, 15) is 9.90 Å². The van der Waals surface area contributed by atoms with E-state index in [1.54, 1.807) is 13.1 Å². The minimum Gasteiger partial charge on any atom is -0.477 e. The predicted octanol–water partition coefficient (Wildman–Crippen LogP) is 3.57. The molecule has 0 unspecified atom stereocenters. The van der Waals surface area contributed by atoms with Crippen LogP contribution in [0.5, 0.6) is 0 Å². The maximum Gasteiger partial charge on any atom is 0.346 e. The average molecular weight is 328 g/mol. The van der Waals surface area contributed by atoms with Crippen molar-refractivity contribution in [3.63, 3.8) is 0 Å². The number of hydrogen-bond acceptors (Lipinski definition) is 6. The fourth-order valence-corrected chi connectivity index (χ4v) is 3.60. The Bertz CT molecular complexity index is 891. The number of nitrogens with zero attached hydrogens (tertiary/aromatic N) is 3. The summed E-state index contributed by atoms with van der Waals surface area (Å²) in [7, 11) is 0. The molecule has 0 spiro atoms. The van der Waals surface area contributed by atoms with Crippen molar-refractivity contribution in [3.8, 4) is 0 Å². The van der Waals surface area contributed by atoms with Crippen LogP contribution in [-0.2, 0) is 0 Å². The topological polar surface area (TPSA) is 88.0 Å². The number of hydrogen-bond donors (Lipinski definition) is 2. The van der Waals surface area contributed by atoms with Crippen molar-refractivity contribution >= 4 is 33.3 Å². The lowest BCUT2D eigenvalue weighted by molar-refractivity contribution is 0.0701. The van der Waals surface area contributed by atoms with Crippen LogP contribution in [0.25, 0.3) is 10.2 Å². The van der Waals surface area contributed by atoms with Gasteiger partial charge in [-0.15, -0.1) is 11.3 Å². The van der Waals surface area contributed by atoms with Crippen LogP contribution in [-0.4, -0.2) is 26.0 Å². The van der Waals surface area contributed by atoms with Gasteiger partial charge in [0.25, 0.3) is 0 Å². The number of thiophene rings is 1. The number of aromatic carboxylic acids is 1. The van der Waals surface area contributed by atoms with Crippen LogP contribution in [0.2, 0.25) is 0 Å². The summed E-state index contributed by atoms with van der Waals surface area (Å²) in [5, 5.41) is 13.4. The predicted molar refractivity (Wildman–Crippen MR) is 90.1 cm³/mol. The first-order valence-electron chi connectivity index (χ1n) is 7.14. The molecule has 1 atom stereocenters. The Labute approximate surface area is 137 Å². The van der Waals surface area contributed by atoms with Gasteiger partial charge in [0.2, 0.25) is 0 Å². The number of anilines is 1. The zero-order valence-electron chi connectivity index (χ0n) is 13.0. The van der Waals surface area contributed by atoms with Crippen molar-refractivity contribution in [2.75, 3.05) is 5.32 Å². The Morgan fingerprint density at radius 2 is 2.09 bits per heavy atom. The SMILES string of the molecule is Cc1cccnc1[C@H](C)Nc1ncnc2sc(C(=O)O)c(C)c12. The van der Waals surface area contributed by atoms with Crippen LogP contribution in [0.4, 0.5) is 5.82 Å². The van der Waals surface area contributed by atoms with Crippen molar-refractivity contribution in [2.24, 2.45) is 0 Å². The summed E-state index contributed by atoms with van der Waals surface area (Å²) in [6, 6.07) is 3.85. The summed E-state index contributed by atoms with van der Waals surface area (Å²) in [5.41, 5.74) is 2.71. The molecule has 0 amide bonds. The van der Waals surface area contributed by atoms with Gasteiger partial charge in [-0.2, -0.15) is 0 Å². The van der Waals surface area contributed by atoms with E-state index in [0.29, 0.717) is 21.1 Å². The third kappa shape index (κ3) is 2.75. The number of carbonyl (C=O) groups is 1. The Balaban J connectivity index is 2.04. The van der Waals surface area contributed by atoms with Crippen LogP contribution >= 0.6 is 11.3 Å². The molecule has 0 saturated heterocycles. The van der Waals surface area contributed by atoms with Gasteiger partial charge in [0, 0.05) is 6.20 Å². The fraction of sp³-hybridized carbons (Fsp3) is 0.250. The molecule has 3 heterocycles. The molecule has 0 aliphatic carbocycles. The molecule has 2 N–H and O–H groups in total. The summed E-state index contributed by atoms with van der Waals surface area (Å²) < 4.78 is 0. The maximum absolute atomic E-state index is 11.3. The van der Waals surface area contributed by atoms with Crippen molar-refractivity contribution in [1.82, 2.24) is 15.0 Å². The molecular formula is C16H16N4O2S. The number of rotatable bonds is 4. The van der Waals surface area contributed by atoms with Gasteiger partial charge in [0.1, 0.15) is 21.9 Å². The molecule has 0 aromatic carbocycles. The molecule has 0 fully saturated rings. The summed E-state index contributed by atoms with van der Waals surface area (Å²) in [4.78, 5) is 25.2. The van der Waals surface area contributed by atoms with E-state index in [1.807, 2.05) is 26.0 Å². The highest BCUT2D eigenvalue weighted by Gasteiger charge is 2.20. The van der Waals surface area contributed by atoms with Gasteiger partial charge < -0.3 is 10.4 Å². The highest BCUT2D eigenvalue weighted by atomic mass is 32.1. The zero-order chi connectivity index (χ0) is 16.6. The third-order valence-electron chi connectivity index (χ3n) is 3.73. The summed E-state index contributed by atoms with van der Waals surface area (Å²) in [6.45, 7) is 5.80. The lowest BCUT2D eigenvalue weighted by atomic mass is 10.1. The van der Waals surface area contributed by atoms with E-state index in [0.717, 1.165) is 16.6 Å². The number of carboxylic acid groups (broad SMARTS) is 1. The molecule has 23 heavy (non-hydrogen) atoms. The lowest BCUT2D eigenvalue weighted by Gasteiger charge is -2.16. The van der Waals surface area contributed by atoms with E-state index in [4.69, 9.17) is 0 Å². The largest absolute Gasteiger partial charge is 0.477 e. The molecule has 0 radical (unpaired) electrons. The minimum atomic E-state index is -0.940. The van der Waals surface area contributed by atoms with Crippen LogP contribution in [0.3, 0.4) is 0 Å². The normalized spacial score (nSPS) is 12.3. The van der Waals surface area contributed by atoms with Crippen LogP contribution in [0.1, 0.15) is 39.5 Å². The molecule has 3 rings (SSSR count). The van der Waals surface area contributed by atoms with Gasteiger partial charge in [0.05, 0.1) is 17.1 Å². The van der Waals surface area contributed by atoms with E-state index in [1.165, 1.54) is 17.7 Å². The molecule has 0 saturated carbocycles. The Morgan fingerprint density at radius 1 is 1.30 bits per heavy atom. The van der Waals surface area contributed by atoms with Gasteiger partial charge >= 0.3 is 5.97 Å². The molecule has 3 aromatic rings. The smallest absolute Gasteiger partial charge is 0.346 e.